The molecule has 1 aliphatic carbocycles. The standard InChI is InChI=1S/C13H22N2O3/c1-12(2,3)18-11(17)15-9-4-5-13(8-9)6-7-14-10(13)16/h9H,4-8H2,1-3H3,(H,14,16)(H,15,17). The molecule has 102 valence electrons. The monoisotopic (exact) mass is 254 g/mol. The van der Waals surface area contributed by atoms with Crippen molar-refractivity contribution < 1.29 is 14.3 Å². The van der Waals surface area contributed by atoms with Crippen molar-refractivity contribution in [1.82, 2.24) is 10.6 Å². The molecular formula is C13H22N2O3. The highest BCUT2D eigenvalue weighted by Crippen LogP contribution is 2.43. The van der Waals surface area contributed by atoms with Crippen molar-refractivity contribution in [2.24, 2.45) is 5.41 Å². The fourth-order valence-electron chi connectivity index (χ4n) is 2.87. The molecule has 0 aromatic heterocycles. The fourth-order valence-corrected chi connectivity index (χ4v) is 2.87. The summed E-state index contributed by atoms with van der Waals surface area (Å²) in [6, 6.07) is 0.0590. The Balaban J connectivity index is 1.86. The molecule has 0 radical (unpaired) electrons. The van der Waals surface area contributed by atoms with E-state index in [9.17, 15) is 9.59 Å². The van der Waals surface area contributed by atoms with Gasteiger partial charge in [0.15, 0.2) is 0 Å². The van der Waals surface area contributed by atoms with E-state index in [1.165, 1.54) is 0 Å². The van der Waals surface area contributed by atoms with E-state index in [-0.39, 0.29) is 23.5 Å². The number of carbonyl (C=O) groups is 2. The van der Waals surface area contributed by atoms with Crippen molar-refractivity contribution in [2.45, 2.75) is 58.1 Å². The Morgan fingerprint density at radius 1 is 1.44 bits per heavy atom. The summed E-state index contributed by atoms with van der Waals surface area (Å²) in [5, 5.41) is 5.75. The zero-order chi connectivity index (χ0) is 13.4. The van der Waals surface area contributed by atoms with Crippen molar-refractivity contribution >= 4 is 12.0 Å². The second-order valence-electron chi connectivity index (χ2n) is 6.37. The Bertz CT molecular complexity index is 362. The Morgan fingerprint density at radius 2 is 2.17 bits per heavy atom. The lowest BCUT2D eigenvalue weighted by molar-refractivity contribution is -0.127. The number of hydrogen-bond donors (Lipinski definition) is 2. The molecular weight excluding hydrogens is 232 g/mol. The summed E-state index contributed by atoms with van der Waals surface area (Å²) in [4.78, 5) is 23.5. The molecule has 1 aliphatic heterocycles. The van der Waals surface area contributed by atoms with Crippen molar-refractivity contribution in [2.75, 3.05) is 6.54 Å². The van der Waals surface area contributed by atoms with E-state index in [1.54, 1.807) is 0 Å². The van der Waals surface area contributed by atoms with E-state index >= 15 is 0 Å². The van der Waals surface area contributed by atoms with Gasteiger partial charge >= 0.3 is 6.09 Å². The molecule has 2 N–H and O–H groups in total. The Hall–Kier alpha value is -1.26. The van der Waals surface area contributed by atoms with E-state index in [1.807, 2.05) is 20.8 Å². The van der Waals surface area contributed by atoms with E-state index in [0.29, 0.717) is 0 Å². The zero-order valence-electron chi connectivity index (χ0n) is 11.3. The number of alkyl carbamates (subject to hydrolysis) is 1. The summed E-state index contributed by atoms with van der Waals surface area (Å²) in [7, 11) is 0. The van der Waals surface area contributed by atoms with Gasteiger partial charge in [-0.1, -0.05) is 0 Å². The first-order valence-corrected chi connectivity index (χ1v) is 6.59. The molecule has 1 saturated carbocycles. The molecule has 1 heterocycles. The van der Waals surface area contributed by atoms with Crippen LogP contribution in [0.15, 0.2) is 0 Å². The van der Waals surface area contributed by atoms with Crippen LogP contribution in [0, 0.1) is 5.41 Å². The SMILES string of the molecule is CC(C)(C)OC(=O)NC1CCC2(CCNC2=O)C1. The Morgan fingerprint density at radius 3 is 2.72 bits per heavy atom. The summed E-state index contributed by atoms with van der Waals surface area (Å²) in [5.74, 6) is 0.149. The lowest BCUT2D eigenvalue weighted by Crippen LogP contribution is -2.39. The van der Waals surface area contributed by atoms with Gasteiger partial charge in [-0.05, 0) is 46.5 Å². The quantitative estimate of drug-likeness (QED) is 0.746. The predicted octanol–water partition coefficient (Wildman–Crippen LogP) is 1.57. The molecule has 2 rings (SSSR count). The molecule has 0 bridgehead atoms. The van der Waals surface area contributed by atoms with Crippen molar-refractivity contribution in [3.63, 3.8) is 0 Å². The maximum atomic E-state index is 11.8. The number of rotatable bonds is 1. The van der Waals surface area contributed by atoms with Gasteiger partial charge in [0.1, 0.15) is 5.60 Å². The van der Waals surface area contributed by atoms with Crippen LogP contribution in [0.3, 0.4) is 0 Å². The number of hydrogen-bond acceptors (Lipinski definition) is 3. The molecule has 2 aliphatic rings. The average Bonchev–Trinajstić information content (AvgIpc) is 2.74. The van der Waals surface area contributed by atoms with E-state index < -0.39 is 5.60 Å². The number of nitrogens with one attached hydrogen (secondary N) is 2. The Labute approximate surface area is 108 Å². The van der Waals surface area contributed by atoms with Crippen LogP contribution in [0.25, 0.3) is 0 Å². The number of carbonyl (C=O) groups excluding carboxylic acids is 2. The molecule has 0 aromatic carbocycles. The molecule has 1 saturated heterocycles. The molecule has 2 amide bonds. The number of ether oxygens (including phenoxy) is 1. The topological polar surface area (TPSA) is 67.4 Å². The summed E-state index contributed by atoms with van der Waals surface area (Å²) in [6.07, 6.45) is 2.95. The van der Waals surface area contributed by atoms with Crippen LogP contribution in [0.1, 0.15) is 46.5 Å². The van der Waals surface area contributed by atoms with Gasteiger partial charge in [0.05, 0.1) is 5.41 Å². The molecule has 5 heteroatoms. The van der Waals surface area contributed by atoms with Crippen LogP contribution in [-0.4, -0.2) is 30.2 Å². The van der Waals surface area contributed by atoms with Gasteiger partial charge in [0, 0.05) is 12.6 Å². The van der Waals surface area contributed by atoms with Crippen LogP contribution >= 0.6 is 0 Å². The molecule has 1 spiro atoms. The van der Waals surface area contributed by atoms with Crippen molar-refractivity contribution in [3.05, 3.63) is 0 Å². The maximum Gasteiger partial charge on any atom is 0.407 e. The normalized spacial score (nSPS) is 31.5. The van der Waals surface area contributed by atoms with Crippen LogP contribution < -0.4 is 10.6 Å². The molecule has 18 heavy (non-hydrogen) atoms. The van der Waals surface area contributed by atoms with Gasteiger partial charge in [-0.2, -0.15) is 0 Å². The first-order chi connectivity index (χ1) is 8.31. The van der Waals surface area contributed by atoms with E-state index in [0.717, 1.165) is 32.2 Å². The minimum absolute atomic E-state index is 0.0590. The second kappa shape index (κ2) is 4.44. The second-order valence-corrected chi connectivity index (χ2v) is 6.37. The predicted molar refractivity (Wildman–Crippen MR) is 67.1 cm³/mol. The first kappa shape index (κ1) is 13.2. The van der Waals surface area contributed by atoms with E-state index in [4.69, 9.17) is 4.74 Å². The lowest BCUT2D eigenvalue weighted by atomic mass is 9.84. The van der Waals surface area contributed by atoms with Crippen LogP contribution in [0.4, 0.5) is 4.79 Å². The fraction of sp³-hybridized carbons (Fsp3) is 0.846. The summed E-state index contributed by atoms with van der Waals surface area (Å²) >= 11 is 0. The Kier molecular flexibility index (Phi) is 3.25. The van der Waals surface area contributed by atoms with Gasteiger partial charge in [-0.3, -0.25) is 4.79 Å². The number of amides is 2. The lowest BCUT2D eigenvalue weighted by Gasteiger charge is -2.23. The minimum atomic E-state index is -0.481. The van der Waals surface area contributed by atoms with Crippen LogP contribution in [0.2, 0.25) is 0 Å². The van der Waals surface area contributed by atoms with E-state index in [2.05, 4.69) is 10.6 Å². The minimum Gasteiger partial charge on any atom is -0.444 e. The van der Waals surface area contributed by atoms with Gasteiger partial charge in [0.25, 0.3) is 0 Å². The van der Waals surface area contributed by atoms with Gasteiger partial charge in [-0.25, -0.2) is 4.79 Å². The van der Waals surface area contributed by atoms with Crippen LogP contribution in [0.5, 0.6) is 0 Å². The smallest absolute Gasteiger partial charge is 0.407 e. The first-order valence-electron chi connectivity index (χ1n) is 6.59. The highest BCUT2D eigenvalue weighted by molar-refractivity contribution is 5.85. The maximum absolute atomic E-state index is 11.8. The third-order valence-corrected chi connectivity index (χ3v) is 3.70. The van der Waals surface area contributed by atoms with Crippen molar-refractivity contribution in [3.8, 4) is 0 Å². The molecule has 5 nitrogen and oxygen atoms in total. The summed E-state index contributed by atoms with van der Waals surface area (Å²) < 4.78 is 5.23. The third-order valence-electron chi connectivity index (χ3n) is 3.70. The van der Waals surface area contributed by atoms with Crippen molar-refractivity contribution in [1.29, 1.82) is 0 Å². The molecule has 0 aromatic rings. The largest absolute Gasteiger partial charge is 0.444 e. The molecule has 2 unspecified atom stereocenters. The van der Waals surface area contributed by atoms with Gasteiger partial charge in [-0.15, -0.1) is 0 Å². The third kappa shape index (κ3) is 2.76. The summed E-state index contributed by atoms with van der Waals surface area (Å²) in [6.45, 7) is 6.28. The summed E-state index contributed by atoms with van der Waals surface area (Å²) in [5.41, 5.74) is -0.717. The van der Waals surface area contributed by atoms with Gasteiger partial charge < -0.3 is 15.4 Å². The van der Waals surface area contributed by atoms with Gasteiger partial charge in [0.2, 0.25) is 5.91 Å². The highest BCUT2D eigenvalue weighted by Gasteiger charge is 2.48. The average molecular weight is 254 g/mol. The van der Waals surface area contributed by atoms with Crippen LogP contribution in [-0.2, 0) is 9.53 Å². The highest BCUT2D eigenvalue weighted by atomic mass is 16.6. The molecule has 2 fully saturated rings. The zero-order valence-corrected chi connectivity index (χ0v) is 11.3. The molecule has 2 atom stereocenters.